The third-order valence-electron chi connectivity index (χ3n) is 4.89. The molecular formula is C23H26N4O. The van der Waals surface area contributed by atoms with Gasteiger partial charge in [-0.1, -0.05) is 48.5 Å². The standard InChI is InChI=1S/C23H26N4O/c1-2-7-19(8-3-1)11-12-22-25-21-10-5-4-9-20(21)23(26-22)24-13-6-14-27-15-17-28-18-16-27/h1-5,7-12H,6,13-18H2,(H,24,25,26). The highest BCUT2D eigenvalue weighted by atomic mass is 16.5. The summed E-state index contributed by atoms with van der Waals surface area (Å²) >= 11 is 0. The van der Waals surface area contributed by atoms with E-state index in [-0.39, 0.29) is 0 Å². The molecule has 0 spiro atoms. The molecule has 144 valence electrons. The molecule has 0 bridgehead atoms. The molecule has 1 fully saturated rings. The molecule has 5 heteroatoms. The molecule has 0 amide bonds. The largest absolute Gasteiger partial charge is 0.379 e. The van der Waals surface area contributed by atoms with Gasteiger partial charge in [0.2, 0.25) is 0 Å². The van der Waals surface area contributed by atoms with Crippen LogP contribution < -0.4 is 5.32 Å². The maximum atomic E-state index is 5.41. The van der Waals surface area contributed by atoms with Crippen molar-refractivity contribution >= 4 is 28.9 Å². The summed E-state index contributed by atoms with van der Waals surface area (Å²) in [5, 5.41) is 4.58. The lowest BCUT2D eigenvalue weighted by Crippen LogP contribution is -2.37. The van der Waals surface area contributed by atoms with Crippen molar-refractivity contribution in [2.24, 2.45) is 0 Å². The van der Waals surface area contributed by atoms with Crippen LogP contribution in [-0.2, 0) is 4.74 Å². The highest BCUT2D eigenvalue weighted by Crippen LogP contribution is 2.21. The lowest BCUT2D eigenvalue weighted by molar-refractivity contribution is 0.0378. The minimum absolute atomic E-state index is 0.721. The lowest BCUT2D eigenvalue weighted by atomic mass is 10.2. The van der Waals surface area contributed by atoms with Gasteiger partial charge in [0, 0.05) is 25.0 Å². The van der Waals surface area contributed by atoms with Crippen LogP contribution in [0.4, 0.5) is 5.82 Å². The predicted molar refractivity (Wildman–Crippen MR) is 115 cm³/mol. The van der Waals surface area contributed by atoms with E-state index in [0.29, 0.717) is 0 Å². The predicted octanol–water partition coefficient (Wildman–Crippen LogP) is 3.93. The van der Waals surface area contributed by atoms with Crippen LogP contribution in [0.2, 0.25) is 0 Å². The average Bonchev–Trinajstić information content (AvgIpc) is 2.76. The fourth-order valence-electron chi connectivity index (χ4n) is 3.37. The van der Waals surface area contributed by atoms with E-state index in [1.807, 2.05) is 48.6 Å². The van der Waals surface area contributed by atoms with E-state index in [2.05, 4.69) is 28.4 Å². The Bertz CT molecular complexity index is 920. The number of nitrogens with zero attached hydrogens (tertiary/aromatic N) is 3. The highest BCUT2D eigenvalue weighted by Gasteiger charge is 2.10. The number of ether oxygens (including phenoxy) is 1. The number of benzene rings is 2. The SMILES string of the molecule is C(=Cc1nc(NCCCN2CCOCC2)c2ccccc2n1)c1ccccc1. The van der Waals surface area contributed by atoms with Crippen LogP contribution in [0.15, 0.2) is 54.6 Å². The summed E-state index contributed by atoms with van der Waals surface area (Å²) in [4.78, 5) is 11.9. The monoisotopic (exact) mass is 374 g/mol. The minimum atomic E-state index is 0.721. The van der Waals surface area contributed by atoms with Crippen molar-refractivity contribution in [3.05, 3.63) is 66.0 Å². The van der Waals surface area contributed by atoms with Crippen molar-refractivity contribution in [2.45, 2.75) is 6.42 Å². The molecule has 3 aromatic rings. The van der Waals surface area contributed by atoms with E-state index in [1.165, 1.54) is 0 Å². The van der Waals surface area contributed by atoms with E-state index in [9.17, 15) is 0 Å². The van der Waals surface area contributed by atoms with Gasteiger partial charge >= 0.3 is 0 Å². The molecule has 2 aromatic carbocycles. The third-order valence-corrected chi connectivity index (χ3v) is 4.89. The first-order chi connectivity index (χ1) is 13.9. The first-order valence-electron chi connectivity index (χ1n) is 9.92. The van der Waals surface area contributed by atoms with Crippen LogP contribution >= 0.6 is 0 Å². The number of morpholine rings is 1. The van der Waals surface area contributed by atoms with Crippen LogP contribution in [-0.4, -0.2) is 54.3 Å². The van der Waals surface area contributed by atoms with Crippen LogP contribution in [0.3, 0.4) is 0 Å². The Balaban J connectivity index is 1.45. The molecule has 1 N–H and O–H groups in total. The summed E-state index contributed by atoms with van der Waals surface area (Å²) in [6.45, 7) is 5.73. The van der Waals surface area contributed by atoms with Crippen molar-refractivity contribution in [3.8, 4) is 0 Å². The fraction of sp³-hybridized carbons (Fsp3) is 0.304. The van der Waals surface area contributed by atoms with Crippen LogP contribution in [0.25, 0.3) is 23.1 Å². The van der Waals surface area contributed by atoms with Gasteiger partial charge in [0.1, 0.15) is 5.82 Å². The molecule has 2 heterocycles. The number of para-hydroxylation sites is 1. The molecule has 0 radical (unpaired) electrons. The van der Waals surface area contributed by atoms with Gasteiger partial charge in [0.25, 0.3) is 0 Å². The van der Waals surface area contributed by atoms with Crippen LogP contribution in [0.1, 0.15) is 17.8 Å². The lowest BCUT2D eigenvalue weighted by Gasteiger charge is -2.26. The van der Waals surface area contributed by atoms with Crippen LogP contribution in [0, 0.1) is 0 Å². The topological polar surface area (TPSA) is 50.3 Å². The molecule has 0 saturated carbocycles. The zero-order valence-electron chi connectivity index (χ0n) is 16.1. The summed E-state index contributed by atoms with van der Waals surface area (Å²) < 4.78 is 5.41. The summed E-state index contributed by atoms with van der Waals surface area (Å²) in [7, 11) is 0. The number of hydrogen-bond acceptors (Lipinski definition) is 5. The van der Waals surface area contributed by atoms with E-state index in [1.54, 1.807) is 0 Å². The van der Waals surface area contributed by atoms with Crippen LogP contribution in [0.5, 0.6) is 0 Å². The first kappa shape index (κ1) is 18.6. The van der Waals surface area contributed by atoms with Gasteiger partial charge in [-0.2, -0.15) is 0 Å². The molecule has 28 heavy (non-hydrogen) atoms. The average molecular weight is 374 g/mol. The van der Waals surface area contributed by atoms with Crippen molar-refractivity contribution in [2.75, 3.05) is 44.7 Å². The summed E-state index contributed by atoms with van der Waals surface area (Å²) in [6, 6.07) is 18.4. The Hall–Kier alpha value is -2.76. The quantitative estimate of drug-likeness (QED) is 0.635. The molecule has 1 aromatic heterocycles. The molecule has 1 aliphatic heterocycles. The maximum absolute atomic E-state index is 5.41. The molecule has 0 atom stereocenters. The van der Waals surface area contributed by atoms with E-state index >= 15 is 0 Å². The Labute approximate surface area is 166 Å². The maximum Gasteiger partial charge on any atom is 0.154 e. The van der Waals surface area contributed by atoms with Gasteiger partial charge in [-0.15, -0.1) is 0 Å². The molecule has 5 nitrogen and oxygen atoms in total. The van der Waals surface area contributed by atoms with Gasteiger partial charge in [-0.05, 0) is 36.7 Å². The Morgan fingerprint density at radius 1 is 0.929 bits per heavy atom. The van der Waals surface area contributed by atoms with Gasteiger partial charge in [-0.3, -0.25) is 4.90 Å². The summed E-state index contributed by atoms with van der Waals surface area (Å²) in [5.41, 5.74) is 2.10. The molecule has 0 unspecified atom stereocenters. The smallest absolute Gasteiger partial charge is 0.154 e. The van der Waals surface area contributed by atoms with E-state index in [4.69, 9.17) is 14.7 Å². The molecule has 1 saturated heterocycles. The van der Waals surface area contributed by atoms with Gasteiger partial charge in [0.15, 0.2) is 5.82 Å². The Morgan fingerprint density at radius 2 is 1.71 bits per heavy atom. The van der Waals surface area contributed by atoms with Crippen molar-refractivity contribution < 1.29 is 4.74 Å². The first-order valence-corrected chi connectivity index (χ1v) is 9.92. The number of rotatable bonds is 7. The van der Waals surface area contributed by atoms with Crippen molar-refractivity contribution in [1.82, 2.24) is 14.9 Å². The van der Waals surface area contributed by atoms with Crippen molar-refractivity contribution in [1.29, 1.82) is 0 Å². The van der Waals surface area contributed by atoms with E-state index in [0.717, 1.165) is 73.9 Å². The number of anilines is 1. The van der Waals surface area contributed by atoms with Gasteiger partial charge in [0.05, 0.1) is 18.7 Å². The Morgan fingerprint density at radius 3 is 2.57 bits per heavy atom. The van der Waals surface area contributed by atoms with E-state index < -0.39 is 0 Å². The molecule has 4 rings (SSSR count). The number of nitrogens with one attached hydrogen (secondary N) is 1. The number of fused-ring (bicyclic) bond motifs is 1. The Kier molecular flexibility index (Phi) is 6.27. The second-order valence-electron chi connectivity index (χ2n) is 6.93. The molecular weight excluding hydrogens is 348 g/mol. The number of hydrogen-bond donors (Lipinski definition) is 1. The zero-order valence-corrected chi connectivity index (χ0v) is 16.1. The fourth-order valence-corrected chi connectivity index (χ4v) is 3.37. The second-order valence-corrected chi connectivity index (χ2v) is 6.93. The summed E-state index contributed by atoms with van der Waals surface area (Å²) in [5.74, 6) is 1.62. The number of aromatic nitrogens is 2. The second kappa shape index (κ2) is 9.44. The molecule has 1 aliphatic rings. The van der Waals surface area contributed by atoms with Gasteiger partial charge < -0.3 is 10.1 Å². The normalized spacial score (nSPS) is 15.3. The zero-order chi connectivity index (χ0) is 19.0. The molecule has 0 aliphatic carbocycles. The van der Waals surface area contributed by atoms with Gasteiger partial charge in [-0.25, -0.2) is 9.97 Å². The minimum Gasteiger partial charge on any atom is -0.379 e. The van der Waals surface area contributed by atoms with Crippen molar-refractivity contribution in [3.63, 3.8) is 0 Å². The third kappa shape index (κ3) is 4.94. The summed E-state index contributed by atoms with van der Waals surface area (Å²) in [6.07, 6.45) is 5.10. The highest BCUT2D eigenvalue weighted by molar-refractivity contribution is 5.90.